The van der Waals surface area contributed by atoms with E-state index in [1.54, 1.807) is 6.07 Å². The molecule has 0 aromatic heterocycles. The van der Waals surface area contributed by atoms with Crippen LogP contribution < -0.4 is 4.74 Å². The van der Waals surface area contributed by atoms with Gasteiger partial charge in [0.05, 0.1) is 24.3 Å². The van der Waals surface area contributed by atoms with Crippen molar-refractivity contribution in [3.8, 4) is 17.9 Å². The number of rotatable bonds is 4. The molecule has 0 aliphatic carbocycles. The SMILES string of the molecule is N#Cc1ccc(O[C@H]2CN(S(=O)(=O)c3ccc(Cl)cc3C#N)C[C@@]23CO3)cc1F. The van der Waals surface area contributed by atoms with Crippen molar-refractivity contribution in [3.63, 3.8) is 0 Å². The quantitative estimate of drug-likeness (QED) is 0.685. The highest BCUT2D eigenvalue weighted by molar-refractivity contribution is 7.89. The van der Waals surface area contributed by atoms with Crippen molar-refractivity contribution in [1.82, 2.24) is 4.31 Å². The Kier molecular flexibility index (Phi) is 4.72. The summed E-state index contributed by atoms with van der Waals surface area (Å²) in [5, 5.41) is 18.4. The number of halogens is 2. The van der Waals surface area contributed by atoms with Gasteiger partial charge in [-0.1, -0.05) is 11.6 Å². The van der Waals surface area contributed by atoms with Gasteiger partial charge in [-0.3, -0.25) is 0 Å². The van der Waals surface area contributed by atoms with Crippen molar-refractivity contribution in [2.24, 2.45) is 0 Å². The lowest BCUT2D eigenvalue weighted by atomic mass is 10.1. The second kappa shape index (κ2) is 6.97. The van der Waals surface area contributed by atoms with Crippen LogP contribution in [0.2, 0.25) is 5.02 Å². The van der Waals surface area contributed by atoms with Gasteiger partial charge in [-0.15, -0.1) is 0 Å². The number of epoxide rings is 1. The van der Waals surface area contributed by atoms with E-state index in [0.29, 0.717) is 6.61 Å². The summed E-state index contributed by atoms with van der Waals surface area (Å²) >= 11 is 5.86. The highest BCUT2D eigenvalue weighted by Gasteiger charge is 2.61. The van der Waals surface area contributed by atoms with Gasteiger partial charge in [-0.2, -0.15) is 14.8 Å². The van der Waals surface area contributed by atoms with Gasteiger partial charge in [0.1, 0.15) is 40.3 Å². The minimum atomic E-state index is -4.00. The Balaban J connectivity index is 1.60. The molecule has 2 heterocycles. The van der Waals surface area contributed by atoms with Crippen LogP contribution in [0.4, 0.5) is 4.39 Å². The summed E-state index contributed by atoms with van der Waals surface area (Å²) in [5.74, 6) is -0.553. The molecule has 148 valence electrons. The zero-order valence-corrected chi connectivity index (χ0v) is 16.4. The van der Waals surface area contributed by atoms with E-state index in [1.807, 2.05) is 6.07 Å². The average Bonchev–Trinajstić information content (AvgIpc) is 3.37. The average molecular weight is 434 g/mol. The topological polar surface area (TPSA) is 107 Å². The molecule has 0 bridgehead atoms. The maximum absolute atomic E-state index is 13.9. The fraction of sp³-hybridized carbons (Fsp3) is 0.263. The molecule has 2 aromatic carbocycles. The summed E-state index contributed by atoms with van der Waals surface area (Å²) in [6, 6.07) is 11.4. The summed E-state index contributed by atoms with van der Waals surface area (Å²) in [5.41, 5.74) is -0.990. The number of sulfonamides is 1. The molecule has 0 amide bonds. The predicted octanol–water partition coefficient (Wildman–Crippen LogP) is 2.44. The van der Waals surface area contributed by atoms with Crippen molar-refractivity contribution in [2.45, 2.75) is 16.6 Å². The standard InChI is InChI=1S/C19H13ClFN3O4S/c20-14-2-4-17(13(5-14)8-23)29(25,26)24-9-18(19(10-24)11-27-19)28-15-3-1-12(7-22)16(21)6-15/h1-6,18H,9-11H2/t18-,19+/m0/s1. The number of benzene rings is 2. The van der Waals surface area contributed by atoms with Crippen LogP contribution >= 0.6 is 11.6 Å². The third-order valence-corrected chi connectivity index (χ3v) is 7.04. The van der Waals surface area contributed by atoms with E-state index in [0.717, 1.165) is 6.07 Å². The molecule has 0 radical (unpaired) electrons. The van der Waals surface area contributed by atoms with Crippen molar-refractivity contribution >= 4 is 21.6 Å². The smallest absolute Gasteiger partial charge is 0.244 e. The monoisotopic (exact) mass is 433 g/mol. The highest BCUT2D eigenvalue weighted by atomic mass is 35.5. The normalized spacial score (nSPS) is 23.5. The predicted molar refractivity (Wildman–Crippen MR) is 99.1 cm³/mol. The van der Waals surface area contributed by atoms with Crippen molar-refractivity contribution in [1.29, 1.82) is 10.5 Å². The fourth-order valence-electron chi connectivity index (χ4n) is 3.29. The van der Waals surface area contributed by atoms with Crippen LogP contribution in [0.25, 0.3) is 0 Å². The van der Waals surface area contributed by atoms with Crippen LogP contribution in [0.3, 0.4) is 0 Å². The number of ether oxygens (including phenoxy) is 2. The minimum absolute atomic E-state index is 0.0303. The summed E-state index contributed by atoms with van der Waals surface area (Å²) in [4.78, 5) is -0.148. The molecule has 2 atom stereocenters. The van der Waals surface area contributed by atoms with Crippen LogP contribution in [0, 0.1) is 28.5 Å². The Bertz CT molecular complexity index is 1180. The molecule has 1 spiro atoms. The molecule has 2 aliphatic heterocycles. The largest absolute Gasteiger partial charge is 0.486 e. The Morgan fingerprint density at radius 1 is 1.21 bits per heavy atom. The molecule has 0 N–H and O–H groups in total. The van der Waals surface area contributed by atoms with E-state index in [9.17, 15) is 18.1 Å². The maximum atomic E-state index is 13.9. The summed E-state index contributed by atoms with van der Waals surface area (Å²) < 4.78 is 52.5. The third-order valence-electron chi connectivity index (χ3n) is 4.93. The molecule has 10 heteroatoms. The molecule has 2 saturated heterocycles. The second-order valence-electron chi connectivity index (χ2n) is 6.76. The summed E-state index contributed by atoms with van der Waals surface area (Å²) in [7, 11) is -4.00. The first-order chi connectivity index (χ1) is 13.8. The number of nitriles is 2. The van der Waals surface area contributed by atoms with Gasteiger partial charge in [0.15, 0.2) is 0 Å². The van der Waals surface area contributed by atoms with Crippen LogP contribution in [0.15, 0.2) is 41.3 Å². The van der Waals surface area contributed by atoms with E-state index in [1.165, 1.54) is 34.6 Å². The molecule has 7 nitrogen and oxygen atoms in total. The van der Waals surface area contributed by atoms with Crippen LogP contribution in [0.5, 0.6) is 5.75 Å². The molecule has 0 saturated carbocycles. The summed E-state index contributed by atoms with van der Waals surface area (Å²) in [6.45, 7) is 0.317. The van der Waals surface area contributed by atoms with E-state index in [2.05, 4.69) is 0 Å². The van der Waals surface area contributed by atoms with Crippen molar-refractivity contribution < 1.29 is 22.3 Å². The maximum Gasteiger partial charge on any atom is 0.244 e. The molecule has 0 unspecified atom stereocenters. The molecule has 2 aliphatic rings. The molecule has 2 fully saturated rings. The number of hydrogen-bond donors (Lipinski definition) is 0. The number of hydrogen-bond acceptors (Lipinski definition) is 6. The molecule has 29 heavy (non-hydrogen) atoms. The summed E-state index contributed by atoms with van der Waals surface area (Å²) in [6.07, 6.45) is -0.664. The Morgan fingerprint density at radius 3 is 2.55 bits per heavy atom. The Labute approximate surface area is 171 Å². The van der Waals surface area contributed by atoms with Crippen molar-refractivity contribution in [2.75, 3.05) is 19.7 Å². The van der Waals surface area contributed by atoms with E-state index >= 15 is 0 Å². The first kappa shape index (κ1) is 19.6. The zero-order valence-electron chi connectivity index (χ0n) is 14.8. The van der Waals surface area contributed by atoms with Crippen molar-refractivity contribution in [3.05, 3.63) is 58.4 Å². The van der Waals surface area contributed by atoms with Gasteiger partial charge in [0, 0.05) is 17.6 Å². The van der Waals surface area contributed by atoms with E-state index in [-0.39, 0.29) is 39.9 Å². The minimum Gasteiger partial charge on any atom is -0.486 e. The molecular weight excluding hydrogens is 421 g/mol. The highest BCUT2D eigenvalue weighted by Crippen LogP contribution is 2.42. The van der Waals surface area contributed by atoms with Gasteiger partial charge >= 0.3 is 0 Å². The Hall–Kier alpha value is -2.69. The Morgan fingerprint density at radius 2 is 1.93 bits per heavy atom. The van der Waals surface area contributed by atoms with Crippen LogP contribution in [-0.4, -0.2) is 44.1 Å². The van der Waals surface area contributed by atoms with Gasteiger partial charge in [0.2, 0.25) is 10.0 Å². The third kappa shape index (κ3) is 3.43. The first-order valence-electron chi connectivity index (χ1n) is 8.49. The zero-order chi connectivity index (χ0) is 20.8. The van der Waals surface area contributed by atoms with E-state index < -0.39 is 27.5 Å². The van der Waals surface area contributed by atoms with Gasteiger partial charge in [-0.25, -0.2) is 12.8 Å². The second-order valence-corrected chi connectivity index (χ2v) is 9.11. The van der Waals surface area contributed by atoms with Gasteiger partial charge < -0.3 is 9.47 Å². The molecular formula is C19H13ClFN3O4S. The molecule has 4 rings (SSSR count). The number of nitrogens with zero attached hydrogens (tertiary/aromatic N) is 3. The lowest BCUT2D eigenvalue weighted by Gasteiger charge is -2.18. The van der Waals surface area contributed by atoms with Crippen LogP contribution in [-0.2, 0) is 14.8 Å². The lowest BCUT2D eigenvalue weighted by molar-refractivity contribution is 0.135. The lowest BCUT2D eigenvalue weighted by Crippen LogP contribution is -2.33. The van der Waals surface area contributed by atoms with Gasteiger partial charge in [0.25, 0.3) is 0 Å². The first-order valence-corrected chi connectivity index (χ1v) is 10.3. The van der Waals surface area contributed by atoms with Crippen LogP contribution in [0.1, 0.15) is 11.1 Å². The molecule has 2 aromatic rings. The van der Waals surface area contributed by atoms with Gasteiger partial charge in [-0.05, 0) is 30.3 Å². The van der Waals surface area contributed by atoms with E-state index in [4.69, 9.17) is 26.3 Å². The fourth-order valence-corrected chi connectivity index (χ4v) is 5.08.